The van der Waals surface area contributed by atoms with Gasteiger partial charge in [-0.15, -0.1) is 0 Å². The SMILES string of the molecule is C[C@@H](OC(=O)/C=C/c1ccc(S(=O)(=O)N2CCOCC2)cc1)C(=O)N1CCCC1. The number of ether oxygens (including phenoxy) is 2. The highest BCUT2D eigenvalue weighted by Gasteiger charge is 2.26. The summed E-state index contributed by atoms with van der Waals surface area (Å²) in [7, 11) is -3.55. The van der Waals surface area contributed by atoms with Gasteiger partial charge in [0.15, 0.2) is 6.10 Å². The fourth-order valence-electron chi connectivity index (χ4n) is 3.31. The van der Waals surface area contributed by atoms with Crippen LogP contribution in [0.4, 0.5) is 0 Å². The van der Waals surface area contributed by atoms with E-state index in [1.807, 2.05) is 0 Å². The van der Waals surface area contributed by atoms with Crippen LogP contribution in [-0.4, -0.2) is 75.0 Å². The summed E-state index contributed by atoms with van der Waals surface area (Å²) in [4.78, 5) is 26.1. The van der Waals surface area contributed by atoms with E-state index >= 15 is 0 Å². The van der Waals surface area contributed by atoms with Crippen LogP contribution in [0, 0.1) is 0 Å². The first kappa shape index (κ1) is 21.5. The van der Waals surface area contributed by atoms with Crippen molar-refractivity contribution < 1.29 is 27.5 Å². The first-order valence-electron chi connectivity index (χ1n) is 9.73. The fraction of sp³-hybridized carbons (Fsp3) is 0.500. The zero-order chi connectivity index (χ0) is 20.9. The number of carbonyl (C=O) groups excluding carboxylic acids is 2. The lowest BCUT2D eigenvalue weighted by Crippen LogP contribution is -2.40. The van der Waals surface area contributed by atoms with Gasteiger partial charge in [-0.3, -0.25) is 4.79 Å². The van der Waals surface area contributed by atoms with Gasteiger partial charge in [0.05, 0.1) is 18.1 Å². The third-order valence-electron chi connectivity index (χ3n) is 4.96. The van der Waals surface area contributed by atoms with Crippen molar-refractivity contribution in [1.82, 2.24) is 9.21 Å². The van der Waals surface area contributed by atoms with Gasteiger partial charge in [0.1, 0.15) is 0 Å². The van der Waals surface area contributed by atoms with E-state index in [2.05, 4.69) is 0 Å². The highest BCUT2D eigenvalue weighted by atomic mass is 32.2. The molecule has 3 rings (SSSR count). The van der Waals surface area contributed by atoms with Gasteiger partial charge in [-0.05, 0) is 43.5 Å². The molecule has 2 aliphatic heterocycles. The minimum absolute atomic E-state index is 0.179. The van der Waals surface area contributed by atoms with Crippen LogP contribution in [-0.2, 0) is 29.1 Å². The molecule has 0 radical (unpaired) electrons. The molecule has 0 N–H and O–H groups in total. The Balaban J connectivity index is 1.56. The molecule has 0 aromatic heterocycles. The van der Waals surface area contributed by atoms with Crippen molar-refractivity contribution in [2.75, 3.05) is 39.4 Å². The van der Waals surface area contributed by atoms with E-state index in [9.17, 15) is 18.0 Å². The highest BCUT2D eigenvalue weighted by molar-refractivity contribution is 7.89. The maximum atomic E-state index is 12.6. The Morgan fingerprint density at radius 1 is 1.07 bits per heavy atom. The van der Waals surface area contributed by atoms with E-state index in [1.165, 1.54) is 28.6 Å². The summed E-state index contributed by atoms with van der Waals surface area (Å²) < 4.78 is 37.0. The van der Waals surface area contributed by atoms with Crippen molar-refractivity contribution in [3.8, 4) is 0 Å². The summed E-state index contributed by atoms with van der Waals surface area (Å²) in [5, 5.41) is 0. The van der Waals surface area contributed by atoms with Gasteiger partial charge in [-0.2, -0.15) is 4.31 Å². The Morgan fingerprint density at radius 3 is 2.31 bits per heavy atom. The van der Waals surface area contributed by atoms with Crippen molar-refractivity contribution in [3.63, 3.8) is 0 Å². The second kappa shape index (κ2) is 9.51. The first-order chi connectivity index (χ1) is 13.9. The summed E-state index contributed by atoms with van der Waals surface area (Å²) in [6, 6.07) is 6.26. The average molecular weight is 423 g/mol. The van der Waals surface area contributed by atoms with Crippen molar-refractivity contribution in [2.24, 2.45) is 0 Å². The molecule has 2 saturated heterocycles. The Hall–Kier alpha value is -2.23. The number of hydrogen-bond donors (Lipinski definition) is 0. The topological polar surface area (TPSA) is 93.2 Å². The molecule has 9 heteroatoms. The molecule has 0 aliphatic carbocycles. The molecular formula is C20H26N2O6S. The first-order valence-corrected chi connectivity index (χ1v) is 11.2. The molecule has 1 aromatic rings. The van der Waals surface area contributed by atoms with Crippen LogP contribution in [0.3, 0.4) is 0 Å². The molecule has 0 spiro atoms. The number of rotatable bonds is 6. The second-order valence-electron chi connectivity index (χ2n) is 7.03. The third-order valence-corrected chi connectivity index (χ3v) is 6.87. The van der Waals surface area contributed by atoms with Crippen molar-refractivity contribution in [2.45, 2.75) is 30.8 Å². The van der Waals surface area contributed by atoms with E-state index < -0.39 is 22.1 Å². The van der Waals surface area contributed by atoms with Crippen LogP contribution < -0.4 is 0 Å². The number of morpholine rings is 1. The van der Waals surface area contributed by atoms with Crippen LogP contribution in [0.2, 0.25) is 0 Å². The number of likely N-dealkylation sites (tertiary alicyclic amines) is 1. The lowest BCUT2D eigenvalue weighted by molar-refractivity contribution is -0.154. The van der Waals surface area contributed by atoms with Crippen molar-refractivity contribution in [1.29, 1.82) is 0 Å². The highest BCUT2D eigenvalue weighted by Crippen LogP contribution is 2.18. The van der Waals surface area contributed by atoms with Gasteiger partial charge in [-0.1, -0.05) is 12.1 Å². The van der Waals surface area contributed by atoms with Crippen LogP contribution in [0.15, 0.2) is 35.2 Å². The maximum Gasteiger partial charge on any atom is 0.331 e. The molecule has 8 nitrogen and oxygen atoms in total. The van der Waals surface area contributed by atoms with Crippen LogP contribution in [0.25, 0.3) is 6.08 Å². The van der Waals surface area contributed by atoms with Gasteiger partial charge < -0.3 is 14.4 Å². The Kier molecular flexibility index (Phi) is 7.05. The maximum absolute atomic E-state index is 12.6. The molecule has 1 aromatic carbocycles. The summed E-state index contributed by atoms with van der Waals surface area (Å²) in [6.45, 7) is 4.43. The van der Waals surface area contributed by atoms with Crippen LogP contribution >= 0.6 is 0 Å². The molecule has 2 heterocycles. The number of nitrogens with zero attached hydrogens (tertiary/aromatic N) is 2. The largest absolute Gasteiger partial charge is 0.449 e. The standard InChI is InChI=1S/C20H26N2O6S/c1-16(20(24)21-10-2-3-11-21)28-19(23)9-6-17-4-7-18(8-5-17)29(25,26)22-12-14-27-15-13-22/h4-9,16H,2-3,10-15H2,1H3/b9-6+/t16-/m1/s1. The van der Waals surface area contributed by atoms with E-state index in [0.29, 0.717) is 45.0 Å². The minimum atomic E-state index is -3.55. The smallest absolute Gasteiger partial charge is 0.331 e. The lowest BCUT2D eigenvalue weighted by Gasteiger charge is -2.26. The molecule has 158 valence electrons. The van der Waals surface area contributed by atoms with Crippen LogP contribution in [0.5, 0.6) is 0 Å². The Morgan fingerprint density at radius 2 is 1.69 bits per heavy atom. The van der Waals surface area contributed by atoms with E-state index in [4.69, 9.17) is 9.47 Å². The number of esters is 1. The van der Waals surface area contributed by atoms with Gasteiger partial charge in [0, 0.05) is 32.3 Å². The van der Waals surface area contributed by atoms with Crippen molar-refractivity contribution in [3.05, 3.63) is 35.9 Å². The monoisotopic (exact) mass is 422 g/mol. The molecule has 2 fully saturated rings. The molecule has 0 unspecified atom stereocenters. The fourth-order valence-corrected chi connectivity index (χ4v) is 4.72. The predicted molar refractivity (Wildman–Crippen MR) is 106 cm³/mol. The number of sulfonamides is 1. The van der Waals surface area contributed by atoms with Crippen molar-refractivity contribution >= 4 is 28.0 Å². The minimum Gasteiger partial charge on any atom is -0.449 e. The predicted octanol–water partition coefficient (Wildman–Crippen LogP) is 1.27. The lowest BCUT2D eigenvalue weighted by atomic mass is 10.2. The van der Waals surface area contributed by atoms with Gasteiger partial charge in [0.25, 0.3) is 5.91 Å². The molecule has 1 atom stereocenters. The molecule has 29 heavy (non-hydrogen) atoms. The van der Waals surface area contributed by atoms with Gasteiger partial charge >= 0.3 is 5.97 Å². The summed E-state index contributed by atoms with van der Waals surface area (Å²) in [5.41, 5.74) is 0.654. The summed E-state index contributed by atoms with van der Waals surface area (Å²) in [6.07, 6.45) is 3.89. The normalized spacial score (nSPS) is 19.4. The molecule has 2 aliphatic rings. The zero-order valence-electron chi connectivity index (χ0n) is 16.5. The number of hydrogen-bond acceptors (Lipinski definition) is 6. The third kappa shape index (κ3) is 5.43. The molecule has 0 saturated carbocycles. The Bertz CT molecular complexity index is 853. The zero-order valence-corrected chi connectivity index (χ0v) is 17.3. The number of benzene rings is 1. The second-order valence-corrected chi connectivity index (χ2v) is 8.97. The molecule has 1 amide bonds. The average Bonchev–Trinajstić information content (AvgIpc) is 3.27. The summed E-state index contributed by atoms with van der Waals surface area (Å²) in [5.74, 6) is -0.794. The quantitative estimate of drug-likeness (QED) is 0.506. The molecule has 0 bridgehead atoms. The Labute approximate surface area is 171 Å². The van der Waals surface area contributed by atoms with E-state index in [1.54, 1.807) is 24.0 Å². The van der Waals surface area contributed by atoms with Gasteiger partial charge in [0.2, 0.25) is 10.0 Å². The molecular weight excluding hydrogens is 396 g/mol. The van der Waals surface area contributed by atoms with E-state index in [-0.39, 0.29) is 10.8 Å². The number of amides is 1. The number of carbonyl (C=O) groups is 2. The van der Waals surface area contributed by atoms with E-state index in [0.717, 1.165) is 12.8 Å². The van der Waals surface area contributed by atoms with Gasteiger partial charge in [-0.25, -0.2) is 13.2 Å². The van der Waals surface area contributed by atoms with Crippen LogP contribution in [0.1, 0.15) is 25.3 Å². The summed E-state index contributed by atoms with van der Waals surface area (Å²) >= 11 is 0.